The van der Waals surface area contributed by atoms with Crippen LogP contribution in [-0.2, 0) is 24.2 Å². The van der Waals surface area contributed by atoms with Gasteiger partial charge in [0.15, 0.2) is 28.1 Å². The fourth-order valence-corrected chi connectivity index (χ4v) is 6.69. The zero-order chi connectivity index (χ0) is 35.8. The molecule has 1 aliphatic heterocycles. The fourth-order valence-electron chi connectivity index (χ4n) is 5.83. The van der Waals surface area contributed by atoms with E-state index in [9.17, 15) is 4.79 Å². The maximum absolute atomic E-state index is 12.5. The van der Waals surface area contributed by atoms with Crippen LogP contribution in [0.2, 0.25) is 0 Å². The lowest BCUT2D eigenvalue weighted by molar-refractivity contribution is 0.0531. The molecule has 0 aliphatic carbocycles. The summed E-state index contributed by atoms with van der Waals surface area (Å²) in [6.07, 6.45) is 2.66. The first-order valence-electron chi connectivity index (χ1n) is 16.2. The van der Waals surface area contributed by atoms with Crippen molar-refractivity contribution < 1.29 is 38.0 Å². The molecule has 2 aromatic carbocycles. The van der Waals surface area contributed by atoms with Gasteiger partial charge in [-0.3, -0.25) is 5.32 Å². The molecule has 4 aromatic rings. The zero-order valence-corrected chi connectivity index (χ0v) is 30.5. The number of hydrogen-bond donors (Lipinski definition) is 2. The summed E-state index contributed by atoms with van der Waals surface area (Å²) < 4.78 is 38.7. The van der Waals surface area contributed by atoms with Gasteiger partial charge in [-0.25, -0.2) is 9.78 Å². The van der Waals surface area contributed by atoms with Gasteiger partial charge in [0.25, 0.3) is 0 Å². The van der Waals surface area contributed by atoms with Crippen LogP contribution in [0.1, 0.15) is 51.8 Å². The Hall–Kier alpha value is -5.18. The molecule has 2 aromatic heterocycles. The number of benzene rings is 2. The van der Waals surface area contributed by atoms with Crippen molar-refractivity contribution in [3.8, 4) is 34.5 Å². The molecule has 2 N–H and O–H groups in total. The summed E-state index contributed by atoms with van der Waals surface area (Å²) in [6, 6.07) is 7.70. The molecule has 50 heavy (non-hydrogen) atoms. The molecule has 0 amide bonds. The van der Waals surface area contributed by atoms with Crippen molar-refractivity contribution >= 4 is 40.0 Å². The van der Waals surface area contributed by atoms with Gasteiger partial charge >= 0.3 is 5.97 Å². The second kappa shape index (κ2) is 16.5. The summed E-state index contributed by atoms with van der Waals surface area (Å²) in [7, 11) is 9.55. The van der Waals surface area contributed by atoms with E-state index in [0.29, 0.717) is 75.1 Å². The minimum Gasteiger partial charge on any atom is -0.493 e. The van der Waals surface area contributed by atoms with Crippen LogP contribution in [0.5, 0.6) is 34.5 Å². The Bertz CT molecular complexity index is 1770. The highest BCUT2D eigenvalue weighted by Gasteiger charge is 2.25. The van der Waals surface area contributed by atoms with E-state index in [1.807, 2.05) is 24.3 Å². The van der Waals surface area contributed by atoms with Gasteiger partial charge in [-0.05, 0) is 68.5 Å². The first-order valence-corrected chi connectivity index (χ1v) is 17.0. The van der Waals surface area contributed by atoms with Crippen molar-refractivity contribution in [2.75, 3.05) is 71.3 Å². The molecule has 0 fully saturated rings. The van der Waals surface area contributed by atoms with Crippen LogP contribution in [0, 0.1) is 6.92 Å². The number of esters is 1. The van der Waals surface area contributed by atoms with E-state index in [0.717, 1.165) is 48.3 Å². The van der Waals surface area contributed by atoms with Crippen molar-refractivity contribution in [1.29, 1.82) is 0 Å². The SMILES string of the molecule is CCOC(=O)c1sc(Nc2nc(NCc3cc(OC)c(OC)c(OC)c3)c3c(n2)N(Cc2cc(OC)c(OC)c(OC)c2)CCCC3)nc1C. The standard InChI is InChI=1S/C35H44N6O8S/c1-9-49-33(42)30-20(2)37-35(50-30)40-34-38-31(36-18-21-14-24(43-3)28(47-7)25(15-21)44-4)23-12-10-11-13-41(32(23)39-34)19-22-16-26(45-5)29(48-8)27(17-22)46-6/h14-17H,9-13,18-19H2,1-8H3,(H2,36,37,38,39,40). The van der Waals surface area contributed by atoms with Crippen LogP contribution in [-0.4, -0.2) is 76.7 Å². The molecule has 0 saturated carbocycles. The molecule has 14 nitrogen and oxygen atoms in total. The Balaban J connectivity index is 1.56. The Labute approximate surface area is 296 Å². The average Bonchev–Trinajstić information content (AvgIpc) is 3.38. The van der Waals surface area contributed by atoms with Gasteiger partial charge in [0.1, 0.15) is 16.5 Å². The highest BCUT2D eigenvalue weighted by molar-refractivity contribution is 7.17. The number of aromatic nitrogens is 3. The van der Waals surface area contributed by atoms with Gasteiger partial charge in [-0.15, -0.1) is 0 Å². The monoisotopic (exact) mass is 708 g/mol. The van der Waals surface area contributed by atoms with Crippen molar-refractivity contribution in [3.63, 3.8) is 0 Å². The zero-order valence-electron chi connectivity index (χ0n) is 29.7. The molecule has 0 radical (unpaired) electrons. The Morgan fingerprint density at radius 1 is 0.820 bits per heavy atom. The summed E-state index contributed by atoms with van der Waals surface area (Å²) >= 11 is 1.20. The van der Waals surface area contributed by atoms with Crippen LogP contribution in [0.25, 0.3) is 0 Å². The Morgan fingerprint density at radius 2 is 1.42 bits per heavy atom. The van der Waals surface area contributed by atoms with E-state index in [-0.39, 0.29) is 6.61 Å². The van der Waals surface area contributed by atoms with Gasteiger partial charge in [0.2, 0.25) is 17.4 Å². The number of carbonyl (C=O) groups is 1. The van der Waals surface area contributed by atoms with Gasteiger partial charge in [0, 0.05) is 25.2 Å². The molecule has 0 saturated heterocycles. The maximum atomic E-state index is 12.5. The summed E-state index contributed by atoms with van der Waals surface area (Å²) in [5.74, 6) is 4.67. The lowest BCUT2D eigenvalue weighted by Crippen LogP contribution is -2.25. The van der Waals surface area contributed by atoms with Gasteiger partial charge in [0.05, 0.1) is 55.0 Å². The second-order valence-corrected chi connectivity index (χ2v) is 12.3. The molecule has 0 unspecified atom stereocenters. The number of thiazole rings is 1. The normalized spacial score (nSPS) is 12.4. The topological polar surface area (TPSA) is 148 Å². The molecule has 3 heterocycles. The highest BCUT2D eigenvalue weighted by Crippen LogP contribution is 2.41. The van der Waals surface area contributed by atoms with Crippen LogP contribution >= 0.6 is 11.3 Å². The quantitative estimate of drug-likeness (QED) is 0.136. The van der Waals surface area contributed by atoms with Gasteiger partial charge in [-0.1, -0.05) is 11.3 Å². The average molecular weight is 709 g/mol. The number of nitrogens with one attached hydrogen (secondary N) is 2. The number of rotatable bonds is 15. The predicted octanol–water partition coefficient (Wildman–Crippen LogP) is 6.17. The van der Waals surface area contributed by atoms with Crippen molar-refractivity contribution in [3.05, 3.63) is 51.5 Å². The largest absolute Gasteiger partial charge is 0.493 e. The molecule has 1 aliphatic rings. The van der Waals surface area contributed by atoms with Crippen molar-refractivity contribution in [2.24, 2.45) is 0 Å². The number of hydrogen-bond acceptors (Lipinski definition) is 15. The fraction of sp³-hybridized carbons (Fsp3) is 0.429. The van der Waals surface area contributed by atoms with Gasteiger partial charge in [-0.2, -0.15) is 9.97 Å². The summed E-state index contributed by atoms with van der Waals surface area (Å²) in [5, 5.41) is 7.29. The number of methoxy groups -OCH3 is 6. The first kappa shape index (κ1) is 36.1. The number of nitrogens with zero attached hydrogens (tertiary/aromatic N) is 4. The smallest absolute Gasteiger partial charge is 0.350 e. The molecule has 5 rings (SSSR count). The minimum absolute atomic E-state index is 0.273. The number of carbonyl (C=O) groups excluding carboxylic acids is 1. The Kier molecular flexibility index (Phi) is 11.9. The van der Waals surface area contributed by atoms with Gasteiger partial charge < -0.3 is 43.4 Å². The molecular formula is C35H44N6O8S. The third-order valence-corrected chi connectivity index (χ3v) is 9.20. The van der Waals surface area contributed by atoms with E-state index < -0.39 is 5.97 Å². The van der Waals surface area contributed by atoms with Crippen LogP contribution in [0.15, 0.2) is 24.3 Å². The maximum Gasteiger partial charge on any atom is 0.350 e. The molecule has 0 spiro atoms. The number of aryl methyl sites for hydroxylation is 1. The lowest BCUT2D eigenvalue weighted by Gasteiger charge is -2.26. The number of anilines is 4. The van der Waals surface area contributed by atoms with Crippen LogP contribution in [0.4, 0.5) is 22.7 Å². The van der Waals surface area contributed by atoms with Crippen molar-refractivity contribution in [2.45, 2.75) is 46.2 Å². The number of ether oxygens (including phenoxy) is 7. The molecule has 268 valence electrons. The lowest BCUT2D eigenvalue weighted by atomic mass is 10.1. The summed E-state index contributed by atoms with van der Waals surface area (Å²) in [6.45, 7) is 5.51. The second-order valence-electron chi connectivity index (χ2n) is 11.3. The highest BCUT2D eigenvalue weighted by atomic mass is 32.1. The Morgan fingerprint density at radius 3 is 1.98 bits per heavy atom. The molecule has 0 atom stereocenters. The minimum atomic E-state index is -0.414. The van der Waals surface area contributed by atoms with Crippen LogP contribution in [0.3, 0.4) is 0 Å². The predicted molar refractivity (Wildman–Crippen MR) is 192 cm³/mol. The molecule has 0 bridgehead atoms. The van der Waals surface area contributed by atoms with Crippen LogP contribution < -0.4 is 44.0 Å². The summed E-state index contributed by atoms with van der Waals surface area (Å²) in [4.78, 5) is 29.8. The van der Waals surface area contributed by atoms with E-state index >= 15 is 0 Å². The van der Waals surface area contributed by atoms with E-state index in [2.05, 4.69) is 20.5 Å². The molecular weight excluding hydrogens is 664 g/mol. The third kappa shape index (κ3) is 7.83. The van der Waals surface area contributed by atoms with E-state index in [1.54, 1.807) is 56.5 Å². The van der Waals surface area contributed by atoms with E-state index in [1.165, 1.54) is 11.3 Å². The van der Waals surface area contributed by atoms with E-state index in [4.69, 9.17) is 43.1 Å². The third-order valence-electron chi connectivity index (χ3n) is 8.15. The number of fused-ring (bicyclic) bond motifs is 1. The molecule has 15 heteroatoms. The van der Waals surface area contributed by atoms with Crippen molar-refractivity contribution in [1.82, 2.24) is 15.0 Å². The summed E-state index contributed by atoms with van der Waals surface area (Å²) in [5.41, 5.74) is 3.41. The first-order chi connectivity index (χ1) is 24.3.